The van der Waals surface area contributed by atoms with Crippen molar-refractivity contribution < 1.29 is 24.2 Å². The number of carbonyl (C=O) groups excluding carboxylic acids is 1. The van der Waals surface area contributed by atoms with E-state index in [1.54, 1.807) is 24.3 Å². The van der Waals surface area contributed by atoms with E-state index in [9.17, 15) is 9.59 Å². The molecule has 0 heterocycles. The summed E-state index contributed by atoms with van der Waals surface area (Å²) in [5.74, 6) is -0.813. The first-order chi connectivity index (χ1) is 9.73. The average molecular weight is 295 g/mol. The lowest BCUT2D eigenvalue weighted by Crippen LogP contribution is -2.37. The highest BCUT2D eigenvalue weighted by atomic mass is 16.5. The van der Waals surface area contributed by atoms with Crippen molar-refractivity contribution in [3.8, 4) is 5.75 Å². The second-order valence-corrected chi connectivity index (χ2v) is 5.51. The number of aliphatic carboxylic acids is 1. The van der Waals surface area contributed by atoms with Gasteiger partial charge in [-0.3, -0.25) is 4.79 Å². The van der Waals surface area contributed by atoms with Crippen LogP contribution >= 0.6 is 0 Å². The number of nitrogens with one attached hydrogen (secondary N) is 1. The summed E-state index contributed by atoms with van der Waals surface area (Å²) in [5, 5.41) is 11.3. The van der Waals surface area contributed by atoms with Gasteiger partial charge in [0.05, 0.1) is 6.54 Å². The first-order valence-corrected chi connectivity index (χ1v) is 6.56. The summed E-state index contributed by atoms with van der Waals surface area (Å²) in [6.07, 6.45) is -1.06. The summed E-state index contributed by atoms with van der Waals surface area (Å²) < 4.78 is 10.4. The van der Waals surface area contributed by atoms with Crippen LogP contribution in [-0.4, -0.2) is 42.3 Å². The molecule has 2 N–H and O–H groups in total. The Hall–Kier alpha value is -2.08. The summed E-state index contributed by atoms with van der Waals surface area (Å²) in [4.78, 5) is 22.6. The number of methoxy groups -OCH3 is 1. The monoisotopic (exact) mass is 295 g/mol. The van der Waals surface area contributed by atoms with Crippen molar-refractivity contribution in [3.63, 3.8) is 0 Å². The minimum Gasteiger partial charge on any atom is -0.488 e. The van der Waals surface area contributed by atoms with Crippen LogP contribution in [0.5, 0.6) is 5.75 Å². The van der Waals surface area contributed by atoms with Crippen molar-refractivity contribution in [3.05, 3.63) is 29.8 Å². The van der Waals surface area contributed by atoms with E-state index in [-0.39, 0.29) is 18.1 Å². The van der Waals surface area contributed by atoms with E-state index in [4.69, 9.17) is 14.6 Å². The van der Waals surface area contributed by atoms with Gasteiger partial charge in [0.2, 0.25) is 0 Å². The molecule has 1 unspecified atom stereocenters. The maximum atomic E-state index is 11.9. The smallest absolute Gasteiger partial charge is 0.334 e. The highest BCUT2D eigenvalue weighted by Gasteiger charge is 2.18. The first-order valence-electron chi connectivity index (χ1n) is 6.56. The molecule has 6 nitrogen and oxygen atoms in total. The van der Waals surface area contributed by atoms with Crippen LogP contribution < -0.4 is 10.1 Å². The van der Waals surface area contributed by atoms with Gasteiger partial charge in [0.1, 0.15) is 11.4 Å². The van der Waals surface area contributed by atoms with E-state index in [0.717, 1.165) is 0 Å². The molecule has 1 rings (SSSR count). The summed E-state index contributed by atoms with van der Waals surface area (Å²) in [6, 6.07) is 6.65. The molecule has 21 heavy (non-hydrogen) atoms. The fourth-order valence-corrected chi connectivity index (χ4v) is 1.59. The van der Waals surface area contributed by atoms with Crippen LogP contribution in [0.4, 0.5) is 0 Å². The quantitative estimate of drug-likeness (QED) is 0.834. The van der Waals surface area contributed by atoms with Crippen LogP contribution in [0, 0.1) is 0 Å². The van der Waals surface area contributed by atoms with Crippen LogP contribution in [0.2, 0.25) is 0 Å². The van der Waals surface area contributed by atoms with Crippen molar-refractivity contribution in [1.29, 1.82) is 0 Å². The van der Waals surface area contributed by atoms with Gasteiger partial charge in [-0.2, -0.15) is 0 Å². The van der Waals surface area contributed by atoms with Crippen LogP contribution in [-0.2, 0) is 9.53 Å². The van der Waals surface area contributed by atoms with Crippen molar-refractivity contribution in [2.75, 3.05) is 13.7 Å². The molecule has 0 fully saturated rings. The second-order valence-electron chi connectivity index (χ2n) is 5.51. The lowest BCUT2D eigenvalue weighted by molar-refractivity contribution is -0.148. The molecular formula is C15H21NO5. The van der Waals surface area contributed by atoms with Gasteiger partial charge in [-0.15, -0.1) is 0 Å². The van der Waals surface area contributed by atoms with Gasteiger partial charge in [-0.1, -0.05) is 0 Å². The summed E-state index contributed by atoms with van der Waals surface area (Å²) >= 11 is 0. The number of hydrogen-bond acceptors (Lipinski definition) is 4. The van der Waals surface area contributed by atoms with Crippen LogP contribution in [0.1, 0.15) is 31.1 Å². The molecule has 0 radical (unpaired) electrons. The Bertz CT molecular complexity index is 490. The summed E-state index contributed by atoms with van der Waals surface area (Å²) in [6.45, 7) is 5.71. The van der Waals surface area contributed by atoms with Gasteiger partial charge < -0.3 is 19.9 Å². The SMILES string of the molecule is COC(CNC(=O)c1ccc(OC(C)(C)C)cc1)C(=O)O. The molecule has 0 spiro atoms. The summed E-state index contributed by atoms with van der Waals surface area (Å²) in [7, 11) is 1.28. The Morgan fingerprint density at radius 1 is 1.24 bits per heavy atom. The average Bonchev–Trinajstić information content (AvgIpc) is 2.37. The van der Waals surface area contributed by atoms with E-state index >= 15 is 0 Å². The van der Waals surface area contributed by atoms with Crippen LogP contribution in [0.15, 0.2) is 24.3 Å². The number of carboxylic acid groups (broad SMARTS) is 1. The maximum absolute atomic E-state index is 11.9. The molecule has 1 aromatic carbocycles. The number of ether oxygens (including phenoxy) is 2. The predicted octanol–water partition coefficient (Wildman–Crippen LogP) is 1.69. The number of hydrogen-bond donors (Lipinski definition) is 2. The largest absolute Gasteiger partial charge is 0.488 e. The Labute approximate surface area is 124 Å². The number of carboxylic acids is 1. The molecule has 1 amide bonds. The minimum atomic E-state index is -1.12. The summed E-state index contributed by atoms with van der Waals surface area (Å²) in [5.41, 5.74) is 0.119. The van der Waals surface area contributed by atoms with Crippen molar-refractivity contribution in [1.82, 2.24) is 5.32 Å². The predicted molar refractivity (Wildman–Crippen MR) is 77.6 cm³/mol. The number of rotatable bonds is 6. The van der Waals surface area contributed by atoms with Gasteiger partial charge in [0.25, 0.3) is 5.91 Å². The van der Waals surface area contributed by atoms with E-state index in [0.29, 0.717) is 11.3 Å². The van der Waals surface area contributed by atoms with E-state index in [1.807, 2.05) is 20.8 Å². The molecule has 1 aromatic rings. The van der Waals surface area contributed by atoms with E-state index in [1.165, 1.54) is 7.11 Å². The molecule has 0 bridgehead atoms. The molecule has 116 valence electrons. The number of carbonyl (C=O) groups is 2. The number of benzene rings is 1. The highest BCUT2D eigenvalue weighted by Crippen LogP contribution is 2.18. The van der Waals surface area contributed by atoms with Gasteiger partial charge in [0.15, 0.2) is 6.10 Å². The second kappa shape index (κ2) is 7.08. The topological polar surface area (TPSA) is 84.9 Å². The Kier molecular flexibility index (Phi) is 5.72. The zero-order valence-corrected chi connectivity index (χ0v) is 12.7. The third-order valence-corrected chi connectivity index (χ3v) is 2.55. The fourth-order valence-electron chi connectivity index (χ4n) is 1.59. The Balaban J connectivity index is 2.61. The normalized spacial score (nSPS) is 12.6. The maximum Gasteiger partial charge on any atom is 0.334 e. The van der Waals surface area contributed by atoms with Gasteiger partial charge in [0, 0.05) is 12.7 Å². The molecule has 0 saturated carbocycles. The third-order valence-electron chi connectivity index (χ3n) is 2.55. The molecule has 0 aromatic heterocycles. The van der Waals surface area contributed by atoms with Crippen molar-refractivity contribution in [2.45, 2.75) is 32.5 Å². The van der Waals surface area contributed by atoms with Gasteiger partial charge in [-0.05, 0) is 45.0 Å². The highest BCUT2D eigenvalue weighted by molar-refractivity contribution is 5.94. The molecule has 0 saturated heterocycles. The lowest BCUT2D eigenvalue weighted by Gasteiger charge is -2.21. The first kappa shape index (κ1) is 17.0. The molecule has 0 aliphatic carbocycles. The minimum absolute atomic E-state index is 0.0924. The van der Waals surface area contributed by atoms with E-state index in [2.05, 4.69) is 5.32 Å². The van der Waals surface area contributed by atoms with Gasteiger partial charge in [-0.25, -0.2) is 4.79 Å². The standard InChI is InChI=1S/C15H21NO5/c1-15(2,3)21-11-7-5-10(6-8-11)13(17)16-9-12(20-4)14(18)19/h5-8,12H,9H2,1-4H3,(H,16,17)(H,18,19). The van der Waals surface area contributed by atoms with Crippen molar-refractivity contribution in [2.24, 2.45) is 0 Å². The molecular weight excluding hydrogens is 274 g/mol. The zero-order valence-electron chi connectivity index (χ0n) is 12.7. The van der Waals surface area contributed by atoms with Gasteiger partial charge >= 0.3 is 5.97 Å². The fraction of sp³-hybridized carbons (Fsp3) is 0.467. The Morgan fingerprint density at radius 2 is 1.81 bits per heavy atom. The van der Waals surface area contributed by atoms with Crippen molar-refractivity contribution >= 4 is 11.9 Å². The van der Waals surface area contributed by atoms with E-state index < -0.39 is 12.1 Å². The zero-order chi connectivity index (χ0) is 16.0. The molecule has 0 aliphatic rings. The van der Waals surface area contributed by atoms with Crippen LogP contribution in [0.3, 0.4) is 0 Å². The molecule has 0 aliphatic heterocycles. The van der Waals surface area contributed by atoms with Crippen LogP contribution in [0.25, 0.3) is 0 Å². The molecule has 1 atom stereocenters. The Morgan fingerprint density at radius 3 is 2.24 bits per heavy atom. The molecule has 6 heteroatoms. The third kappa shape index (κ3) is 5.83. The number of amides is 1. The lowest BCUT2D eigenvalue weighted by atomic mass is 10.1.